The third-order valence-corrected chi connectivity index (χ3v) is 4.51. The molecule has 2 aromatic rings. The van der Waals surface area contributed by atoms with Crippen LogP contribution in [0.1, 0.15) is 37.1 Å². The molecule has 0 bridgehead atoms. The van der Waals surface area contributed by atoms with E-state index in [1.165, 1.54) is 17.7 Å². The van der Waals surface area contributed by atoms with Crippen molar-refractivity contribution in [3.8, 4) is 0 Å². The molecule has 1 nitrogen and oxygen atoms in total. The smallest absolute Gasteiger partial charge is 0.124 e. The van der Waals surface area contributed by atoms with Gasteiger partial charge in [-0.15, -0.1) is 0 Å². The quantitative estimate of drug-likeness (QED) is 0.687. The third-order valence-electron chi connectivity index (χ3n) is 3.30. The van der Waals surface area contributed by atoms with E-state index in [2.05, 4.69) is 63.2 Å². The van der Waals surface area contributed by atoms with Crippen molar-refractivity contribution in [2.75, 3.05) is 0 Å². The molecule has 0 spiro atoms. The summed E-state index contributed by atoms with van der Waals surface area (Å²) in [6.07, 6.45) is 0. The largest absolute Gasteiger partial charge is 0.304 e. The first-order valence-corrected chi connectivity index (χ1v) is 8.02. The SMILES string of the molecule is CC(NC(C)c1ccc(F)cc1Br)c1ccc(Br)cc1. The summed E-state index contributed by atoms with van der Waals surface area (Å²) in [5, 5.41) is 3.52. The Kier molecular flexibility index (Phi) is 5.35. The average molecular weight is 401 g/mol. The maximum Gasteiger partial charge on any atom is 0.124 e. The number of hydrogen-bond donors (Lipinski definition) is 1. The first-order chi connectivity index (χ1) is 9.47. The van der Waals surface area contributed by atoms with Crippen molar-refractivity contribution >= 4 is 31.9 Å². The Hall–Kier alpha value is -0.710. The van der Waals surface area contributed by atoms with Crippen molar-refractivity contribution in [2.24, 2.45) is 0 Å². The number of halogens is 3. The predicted octanol–water partition coefficient (Wildman–Crippen LogP) is 5.76. The van der Waals surface area contributed by atoms with Gasteiger partial charge in [0.2, 0.25) is 0 Å². The van der Waals surface area contributed by atoms with Crippen LogP contribution in [0.25, 0.3) is 0 Å². The molecule has 0 radical (unpaired) electrons. The molecule has 1 N–H and O–H groups in total. The lowest BCUT2D eigenvalue weighted by Gasteiger charge is -2.22. The second-order valence-corrected chi connectivity index (χ2v) is 6.60. The minimum Gasteiger partial charge on any atom is -0.304 e. The van der Waals surface area contributed by atoms with E-state index >= 15 is 0 Å². The van der Waals surface area contributed by atoms with Crippen LogP contribution in [0, 0.1) is 5.82 Å². The van der Waals surface area contributed by atoms with E-state index in [9.17, 15) is 4.39 Å². The van der Waals surface area contributed by atoms with Crippen molar-refractivity contribution in [1.29, 1.82) is 0 Å². The van der Waals surface area contributed by atoms with E-state index in [0.717, 1.165) is 14.5 Å². The van der Waals surface area contributed by atoms with Crippen LogP contribution in [-0.2, 0) is 0 Å². The zero-order valence-corrected chi connectivity index (χ0v) is 14.5. The molecular formula is C16H16Br2FN. The van der Waals surface area contributed by atoms with Crippen LogP contribution in [0.4, 0.5) is 4.39 Å². The normalized spacial score (nSPS) is 14.1. The Morgan fingerprint density at radius 3 is 2.20 bits per heavy atom. The molecule has 0 amide bonds. The Morgan fingerprint density at radius 1 is 0.950 bits per heavy atom. The maximum atomic E-state index is 13.1. The van der Waals surface area contributed by atoms with Crippen molar-refractivity contribution < 1.29 is 4.39 Å². The van der Waals surface area contributed by atoms with Gasteiger partial charge in [-0.25, -0.2) is 4.39 Å². The molecule has 2 rings (SSSR count). The minimum absolute atomic E-state index is 0.128. The first kappa shape index (κ1) is 15.7. The summed E-state index contributed by atoms with van der Waals surface area (Å²) in [4.78, 5) is 0. The molecule has 0 saturated carbocycles. The van der Waals surface area contributed by atoms with Gasteiger partial charge >= 0.3 is 0 Å². The van der Waals surface area contributed by atoms with E-state index in [1.54, 1.807) is 0 Å². The highest BCUT2D eigenvalue weighted by Gasteiger charge is 2.13. The molecule has 20 heavy (non-hydrogen) atoms. The molecule has 2 atom stereocenters. The van der Waals surface area contributed by atoms with Gasteiger partial charge in [-0.2, -0.15) is 0 Å². The van der Waals surface area contributed by atoms with Gasteiger partial charge in [0.1, 0.15) is 5.82 Å². The second kappa shape index (κ2) is 6.83. The summed E-state index contributed by atoms with van der Waals surface area (Å²) in [6, 6.07) is 13.4. The third kappa shape index (κ3) is 3.90. The molecule has 0 aliphatic carbocycles. The number of benzene rings is 2. The summed E-state index contributed by atoms with van der Waals surface area (Å²) in [6.45, 7) is 4.20. The molecule has 2 aromatic carbocycles. The molecule has 0 fully saturated rings. The van der Waals surface area contributed by atoms with Gasteiger partial charge in [0.25, 0.3) is 0 Å². The zero-order chi connectivity index (χ0) is 14.7. The van der Waals surface area contributed by atoms with E-state index in [-0.39, 0.29) is 17.9 Å². The van der Waals surface area contributed by atoms with Crippen molar-refractivity contribution in [2.45, 2.75) is 25.9 Å². The number of nitrogens with one attached hydrogen (secondary N) is 1. The molecular weight excluding hydrogens is 385 g/mol. The van der Waals surface area contributed by atoms with Crippen LogP contribution >= 0.6 is 31.9 Å². The highest BCUT2D eigenvalue weighted by molar-refractivity contribution is 9.10. The molecule has 106 valence electrons. The summed E-state index contributed by atoms with van der Waals surface area (Å²) in [5.74, 6) is -0.228. The Bertz CT molecular complexity index is 584. The molecule has 0 saturated heterocycles. The highest BCUT2D eigenvalue weighted by Crippen LogP contribution is 2.26. The first-order valence-electron chi connectivity index (χ1n) is 6.44. The summed E-state index contributed by atoms with van der Waals surface area (Å²) < 4.78 is 15.0. The second-order valence-electron chi connectivity index (χ2n) is 4.83. The minimum atomic E-state index is -0.228. The summed E-state index contributed by atoms with van der Waals surface area (Å²) in [5.41, 5.74) is 2.27. The fourth-order valence-corrected chi connectivity index (χ4v) is 3.12. The van der Waals surface area contributed by atoms with Crippen LogP contribution in [0.5, 0.6) is 0 Å². The lowest BCUT2D eigenvalue weighted by molar-refractivity contribution is 0.492. The standard InChI is InChI=1S/C16H16Br2FN/c1-10(12-3-5-13(17)6-4-12)20-11(2)15-8-7-14(19)9-16(15)18/h3-11,20H,1-2H3. The summed E-state index contributed by atoms with van der Waals surface area (Å²) in [7, 11) is 0. The van der Waals surface area contributed by atoms with Gasteiger partial charge in [-0.1, -0.05) is 50.1 Å². The van der Waals surface area contributed by atoms with Gasteiger partial charge in [-0.3, -0.25) is 0 Å². The van der Waals surface area contributed by atoms with Gasteiger partial charge in [0, 0.05) is 21.0 Å². The molecule has 0 aliphatic heterocycles. The Labute approximate surface area is 135 Å². The monoisotopic (exact) mass is 399 g/mol. The van der Waals surface area contributed by atoms with Crippen LogP contribution < -0.4 is 5.32 Å². The number of hydrogen-bond acceptors (Lipinski definition) is 1. The van der Waals surface area contributed by atoms with E-state index in [1.807, 2.05) is 18.2 Å². The van der Waals surface area contributed by atoms with Crippen LogP contribution in [0.2, 0.25) is 0 Å². The van der Waals surface area contributed by atoms with Crippen LogP contribution in [0.15, 0.2) is 51.4 Å². The molecule has 0 aromatic heterocycles. The van der Waals surface area contributed by atoms with E-state index < -0.39 is 0 Å². The van der Waals surface area contributed by atoms with Crippen LogP contribution in [-0.4, -0.2) is 0 Å². The molecule has 2 unspecified atom stereocenters. The van der Waals surface area contributed by atoms with Gasteiger partial charge in [-0.05, 0) is 49.2 Å². The van der Waals surface area contributed by atoms with E-state index in [4.69, 9.17) is 0 Å². The fourth-order valence-electron chi connectivity index (χ4n) is 2.17. The summed E-state index contributed by atoms with van der Waals surface area (Å²) >= 11 is 6.85. The lowest BCUT2D eigenvalue weighted by Crippen LogP contribution is -2.22. The van der Waals surface area contributed by atoms with Crippen molar-refractivity contribution in [1.82, 2.24) is 5.32 Å². The molecule has 4 heteroatoms. The Balaban J connectivity index is 2.10. The zero-order valence-electron chi connectivity index (χ0n) is 11.3. The van der Waals surface area contributed by atoms with E-state index in [0.29, 0.717) is 0 Å². The molecule has 0 heterocycles. The molecule has 0 aliphatic rings. The van der Waals surface area contributed by atoms with Gasteiger partial charge in [0.05, 0.1) is 0 Å². The van der Waals surface area contributed by atoms with Gasteiger partial charge < -0.3 is 5.32 Å². The van der Waals surface area contributed by atoms with Gasteiger partial charge in [0.15, 0.2) is 0 Å². The predicted molar refractivity (Wildman–Crippen MR) is 88.2 cm³/mol. The van der Waals surface area contributed by atoms with Crippen molar-refractivity contribution in [3.05, 3.63) is 68.4 Å². The lowest BCUT2D eigenvalue weighted by atomic mass is 10.0. The fraction of sp³-hybridized carbons (Fsp3) is 0.250. The topological polar surface area (TPSA) is 12.0 Å². The van der Waals surface area contributed by atoms with Crippen molar-refractivity contribution in [3.63, 3.8) is 0 Å². The van der Waals surface area contributed by atoms with Crippen LogP contribution in [0.3, 0.4) is 0 Å². The number of rotatable bonds is 4. The maximum absolute atomic E-state index is 13.1. The Morgan fingerprint density at radius 2 is 1.60 bits per heavy atom. The highest BCUT2D eigenvalue weighted by atomic mass is 79.9. The average Bonchev–Trinajstić information content (AvgIpc) is 2.39.